The molecular weight excluding hydrogens is 522 g/mol. The first-order valence-electron chi connectivity index (χ1n) is 12.8. The Morgan fingerprint density at radius 3 is 2.03 bits per heavy atom. The minimum absolute atomic E-state index is 0.0866. The summed E-state index contributed by atoms with van der Waals surface area (Å²) in [6.07, 6.45) is 0.381. The third-order valence-corrected chi connectivity index (χ3v) is 8.72. The average molecular weight is 544 g/mol. The zero-order valence-electron chi connectivity index (χ0n) is 20.8. The van der Waals surface area contributed by atoms with E-state index in [1.165, 1.54) is 0 Å². The number of halogens is 1. The Balaban J connectivity index is 1.26. The van der Waals surface area contributed by atoms with Crippen LogP contribution in [0, 0.1) is 5.92 Å². The van der Waals surface area contributed by atoms with Gasteiger partial charge in [0.05, 0.1) is 11.6 Å². The number of Topliss-reactive ketones (excluding diaryl/α,β-unsaturated/α-hetero) is 2. The summed E-state index contributed by atoms with van der Waals surface area (Å²) >= 11 is 8.01. The number of benzene rings is 5. The fourth-order valence-electron chi connectivity index (χ4n) is 5.53. The Labute approximate surface area is 234 Å². The molecule has 0 radical (unpaired) electrons. The SMILES string of the molecule is O=C1c2cc3ccccc3cc2C(=O)C1Cc1ccc(N(c2cccc(Cl)c2)c2cccc3ccccc23)s1. The van der Waals surface area contributed by atoms with Crippen LogP contribution in [0.4, 0.5) is 16.4 Å². The number of fused-ring (bicyclic) bond motifs is 3. The molecule has 5 heteroatoms. The molecule has 1 aliphatic rings. The molecule has 5 aromatic carbocycles. The van der Waals surface area contributed by atoms with Crippen molar-refractivity contribution in [3.63, 3.8) is 0 Å². The van der Waals surface area contributed by atoms with Gasteiger partial charge in [0.2, 0.25) is 0 Å². The van der Waals surface area contributed by atoms with Crippen LogP contribution < -0.4 is 4.90 Å². The zero-order chi connectivity index (χ0) is 26.5. The lowest BCUT2D eigenvalue weighted by atomic mass is 9.99. The number of thiophene rings is 1. The Bertz CT molecular complexity index is 1860. The van der Waals surface area contributed by atoms with Crippen LogP contribution in [0.3, 0.4) is 0 Å². The first-order valence-corrected chi connectivity index (χ1v) is 14.0. The molecule has 0 saturated heterocycles. The third kappa shape index (κ3) is 4.13. The number of hydrogen-bond donors (Lipinski definition) is 0. The quantitative estimate of drug-likeness (QED) is 0.203. The van der Waals surface area contributed by atoms with E-state index in [0.29, 0.717) is 22.6 Å². The fraction of sp³-hybridized carbons (Fsp3) is 0.0588. The maximum atomic E-state index is 13.4. The molecule has 1 aromatic heterocycles. The van der Waals surface area contributed by atoms with E-state index < -0.39 is 5.92 Å². The zero-order valence-corrected chi connectivity index (χ0v) is 22.4. The van der Waals surface area contributed by atoms with Crippen molar-refractivity contribution in [2.24, 2.45) is 5.92 Å². The standard InChI is InChI=1S/C34H22ClNO2S/c35-24-11-6-12-25(19-24)36(31-14-5-10-21-7-3-4-13-27(21)31)32-16-15-26(39-32)20-30-33(37)28-17-22-8-1-2-9-23(22)18-29(28)34(30)38/h1-19,30H,20H2. The van der Waals surface area contributed by atoms with Crippen LogP contribution in [0.25, 0.3) is 21.5 Å². The lowest BCUT2D eigenvalue weighted by Crippen LogP contribution is -2.17. The number of hydrogen-bond acceptors (Lipinski definition) is 4. The van der Waals surface area contributed by atoms with E-state index in [-0.39, 0.29) is 11.6 Å². The van der Waals surface area contributed by atoms with E-state index in [4.69, 9.17) is 11.6 Å². The van der Waals surface area contributed by atoms with Crippen LogP contribution in [0.1, 0.15) is 25.6 Å². The minimum atomic E-state index is -0.694. The Morgan fingerprint density at radius 2 is 1.31 bits per heavy atom. The third-order valence-electron chi connectivity index (χ3n) is 7.40. The summed E-state index contributed by atoms with van der Waals surface area (Å²) in [6.45, 7) is 0. The van der Waals surface area contributed by atoms with E-state index in [1.54, 1.807) is 11.3 Å². The molecule has 1 aliphatic carbocycles. The summed E-state index contributed by atoms with van der Waals surface area (Å²) < 4.78 is 0. The number of carbonyl (C=O) groups excluding carboxylic acids is 2. The van der Waals surface area contributed by atoms with Crippen molar-refractivity contribution in [3.8, 4) is 0 Å². The van der Waals surface area contributed by atoms with Crippen molar-refractivity contribution in [1.82, 2.24) is 0 Å². The number of rotatable bonds is 5. The van der Waals surface area contributed by atoms with Gasteiger partial charge in [0.25, 0.3) is 0 Å². The van der Waals surface area contributed by atoms with Gasteiger partial charge in [-0.3, -0.25) is 9.59 Å². The molecule has 7 rings (SSSR count). The van der Waals surface area contributed by atoms with Crippen molar-refractivity contribution in [3.05, 3.63) is 136 Å². The molecule has 0 N–H and O–H groups in total. The maximum Gasteiger partial charge on any atom is 0.174 e. The van der Waals surface area contributed by atoms with Crippen molar-refractivity contribution in [2.75, 3.05) is 4.90 Å². The highest BCUT2D eigenvalue weighted by Crippen LogP contribution is 2.43. The number of ketones is 2. The molecule has 0 aliphatic heterocycles. The van der Waals surface area contributed by atoms with Gasteiger partial charge in [0, 0.05) is 32.1 Å². The van der Waals surface area contributed by atoms with Gasteiger partial charge in [-0.2, -0.15) is 0 Å². The number of nitrogens with zero attached hydrogens (tertiary/aromatic N) is 1. The van der Waals surface area contributed by atoms with Gasteiger partial charge in [0.1, 0.15) is 5.00 Å². The smallest absolute Gasteiger partial charge is 0.174 e. The first-order chi connectivity index (χ1) is 19.1. The molecule has 188 valence electrons. The van der Waals surface area contributed by atoms with Gasteiger partial charge in [-0.1, -0.05) is 78.3 Å². The fourth-order valence-corrected chi connectivity index (χ4v) is 6.80. The molecule has 0 bridgehead atoms. The maximum absolute atomic E-state index is 13.4. The lowest BCUT2D eigenvalue weighted by molar-refractivity contribution is 0.0839. The largest absolute Gasteiger partial charge is 0.301 e. The normalized spacial score (nSPS) is 13.4. The van der Waals surface area contributed by atoms with E-state index in [0.717, 1.165) is 42.8 Å². The van der Waals surface area contributed by atoms with E-state index >= 15 is 0 Å². The minimum Gasteiger partial charge on any atom is -0.301 e. The second-order valence-corrected chi connectivity index (χ2v) is 11.4. The van der Waals surface area contributed by atoms with Crippen LogP contribution in [-0.4, -0.2) is 11.6 Å². The van der Waals surface area contributed by atoms with Crippen LogP contribution in [0.5, 0.6) is 0 Å². The predicted octanol–water partition coefficient (Wildman–Crippen LogP) is 9.42. The molecule has 0 atom stereocenters. The number of anilines is 3. The predicted molar refractivity (Wildman–Crippen MR) is 161 cm³/mol. The monoisotopic (exact) mass is 543 g/mol. The molecule has 6 aromatic rings. The van der Waals surface area contributed by atoms with Crippen molar-refractivity contribution in [1.29, 1.82) is 0 Å². The average Bonchev–Trinajstić information content (AvgIpc) is 3.51. The first kappa shape index (κ1) is 23.8. The van der Waals surface area contributed by atoms with Gasteiger partial charge < -0.3 is 4.90 Å². The Kier molecular flexibility index (Phi) is 5.80. The number of carbonyl (C=O) groups is 2. The highest BCUT2D eigenvalue weighted by molar-refractivity contribution is 7.16. The van der Waals surface area contributed by atoms with Gasteiger partial charge >= 0.3 is 0 Å². The van der Waals surface area contributed by atoms with Crippen LogP contribution in [0.15, 0.2) is 115 Å². The van der Waals surface area contributed by atoms with E-state index in [1.807, 2.05) is 78.9 Å². The highest BCUT2D eigenvalue weighted by Gasteiger charge is 2.39. The molecule has 39 heavy (non-hydrogen) atoms. The Hall–Kier alpha value is -4.25. The molecule has 0 spiro atoms. The molecule has 0 amide bonds. The summed E-state index contributed by atoms with van der Waals surface area (Å²) in [5.74, 6) is -0.867. The molecule has 0 saturated carbocycles. The summed E-state index contributed by atoms with van der Waals surface area (Å²) in [7, 11) is 0. The summed E-state index contributed by atoms with van der Waals surface area (Å²) in [5, 5.41) is 5.86. The summed E-state index contributed by atoms with van der Waals surface area (Å²) in [6, 6.07) is 38.0. The van der Waals surface area contributed by atoms with Gasteiger partial charge in [-0.05, 0) is 71.1 Å². The Morgan fingerprint density at radius 1 is 0.667 bits per heavy atom. The van der Waals surface area contributed by atoms with Crippen LogP contribution in [0.2, 0.25) is 5.02 Å². The summed E-state index contributed by atoms with van der Waals surface area (Å²) in [4.78, 5) is 29.9. The van der Waals surface area contributed by atoms with Crippen molar-refractivity contribution in [2.45, 2.75) is 6.42 Å². The molecule has 3 nitrogen and oxygen atoms in total. The van der Waals surface area contributed by atoms with Gasteiger partial charge in [-0.15, -0.1) is 11.3 Å². The van der Waals surface area contributed by atoms with E-state index in [2.05, 4.69) is 41.3 Å². The molecule has 1 heterocycles. The highest BCUT2D eigenvalue weighted by atomic mass is 35.5. The van der Waals surface area contributed by atoms with Crippen LogP contribution >= 0.6 is 22.9 Å². The van der Waals surface area contributed by atoms with Gasteiger partial charge in [0.15, 0.2) is 11.6 Å². The summed E-state index contributed by atoms with van der Waals surface area (Å²) in [5.41, 5.74) is 3.06. The molecule has 0 fully saturated rings. The molecule has 0 unspecified atom stereocenters. The topological polar surface area (TPSA) is 37.4 Å². The van der Waals surface area contributed by atoms with Crippen molar-refractivity contribution < 1.29 is 9.59 Å². The van der Waals surface area contributed by atoms with Crippen molar-refractivity contribution >= 4 is 72.4 Å². The van der Waals surface area contributed by atoms with Crippen LogP contribution in [-0.2, 0) is 6.42 Å². The second kappa shape index (κ2) is 9.49. The lowest BCUT2D eigenvalue weighted by Gasteiger charge is -2.25. The van der Waals surface area contributed by atoms with E-state index in [9.17, 15) is 9.59 Å². The second-order valence-electron chi connectivity index (χ2n) is 9.78. The van der Waals surface area contributed by atoms with Gasteiger partial charge in [-0.25, -0.2) is 0 Å². The molecular formula is C34H22ClNO2S.